The van der Waals surface area contributed by atoms with E-state index in [9.17, 15) is 19.1 Å². The summed E-state index contributed by atoms with van der Waals surface area (Å²) in [7, 11) is 0. The second-order valence-electron chi connectivity index (χ2n) is 7.85. The summed E-state index contributed by atoms with van der Waals surface area (Å²) in [5, 5.41) is 13.0. The number of aromatic nitrogens is 3. The van der Waals surface area contributed by atoms with Gasteiger partial charge in [0.15, 0.2) is 12.1 Å². The maximum Gasteiger partial charge on any atom is 0.296 e. The van der Waals surface area contributed by atoms with Crippen molar-refractivity contribution in [3.05, 3.63) is 75.9 Å². The third kappa shape index (κ3) is 3.93. The van der Waals surface area contributed by atoms with Crippen molar-refractivity contribution in [2.75, 3.05) is 6.54 Å². The molecule has 3 aromatic rings. The highest BCUT2D eigenvalue weighted by atomic mass is 19.1. The van der Waals surface area contributed by atoms with E-state index in [1.165, 1.54) is 35.2 Å². The van der Waals surface area contributed by atoms with Crippen LogP contribution < -0.4 is 10.9 Å². The van der Waals surface area contributed by atoms with Crippen molar-refractivity contribution in [3.8, 4) is 5.75 Å². The Balaban J connectivity index is 1.62. The average molecular weight is 427 g/mol. The molecule has 1 aliphatic heterocycles. The lowest BCUT2D eigenvalue weighted by Crippen LogP contribution is -2.52. The van der Waals surface area contributed by atoms with Crippen LogP contribution in [0.15, 0.2) is 46.1 Å². The van der Waals surface area contributed by atoms with Gasteiger partial charge in [-0.15, -0.1) is 0 Å². The van der Waals surface area contributed by atoms with Crippen LogP contribution in [0.3, 0.4) is 0 Å². The van der Waals surface area contributed by atoms with Crippen LogP contribution in [-0.2, 0) is 25.2 Å². The summed E-state index contributed by atoms with van der Waals surface area (Å²) in [6.07, 6.45) is 2.97. The first-order chi connectivity index (χ1) is 14.8. The first kappa shape index (κ1) is 20.7. The Hall–Kier alpha value is -3.53. The Kier molecular flexibility index (Phi) is 5.32. The Morgan fingerprint density at radius 3 is 2.71 bits per heavy atom. The fourth-order valence-electron chi connectivity index (χ4n) is 3.67. The minimum atomic E-state index is -0.718. The molecule has 2 aromatic heterocycles. The largest absolute Gasteiger partial charge is 0.501 e. The molecule has 1 amide bonds. The molecule has 1 aliphatic rings. The highest BCUT2D eigenvalue weighted by molar-refractivity contribution is 5.94. The van der Waals surface area contributed by atoms with Crippen molar-refractivity contribution in [1.29, 1.82) is 0 Å². The van der Waals surface area contributed by atoms with Gasteiger partial charge in [0.25, 0.3) is 11.5 Å². The molecule has 0 unspecified atom stereocenters. The predicted octanol–water partition coefficient (Wildman–Crippen LogP) is 1.76. The number of benzene rings is 1. The molecule has 1 aromatic carbocycles. The first-order valence-electron chi connectivity index (χ1n) is 9.76. The molecule has 10 heteroatoms. The van der Waals surface area contributed by atoms with Gasteiger partial charge < -0.3 is 14.8 Å². The van der Waals surface area contributed by atoms with Gasteiger partial charge in [-0.1, -0.05) is 12.1 Å². The lowest BCUT2D eigenvalue weighted by atomic mass is 9.98. The summed E-state index contributed by atoms with van der Waals surface area (Å²) in [6.45, 7) is 5.16. The van der Waals surface area contributed by atoms with Crippen molar-refractivity contribution in [2.24, 2.45) is 0 Å². The summed E-state index contributed by atoms with van der Waals surface area (Å²) in [5.74, 6) is -0.729. The van der Waals surface area contributed by atoms with Gasteiger partial charge in [-0.25, -0.2) is 14.4 Å². The number of fused-ring (bicyclic) bond motifs is 1. The molecule has 0 aliphatic carbocycles. The van der Waals surface area contributed by atoms with E-state index in [2.05, 4.69) is 20.2 Å². The van der Waals surface area contributed by atoms with Crippen LogP contribution in [0.2, 0.25) is 0 Å². The summed E-state index contributed by atoms with van der Waals surface area (Å²) in [5.41, 5.74) is -1.05. The fourth-order valence-corrected chi connectivity index (χ4v) is 3.67. The van der Waals surface area contributed by atoms with E-state index in [0.717, 1.165) is 0 Å². The molecule has 4 rings (SSSR count). The number of hydrogen-bond donors (Lipinski definition) is 2. The van der Waals surface area contributed by atoms with Gasteiger partial charge in [-0.2, -0.15) is 0 Å². The van der Waals surface area contributed by atoms with Crippen molar-refractivity contribution in [3.63, 3.8) is 0 Å². The van der Waals surface area contributed by atoms with Crippen LogP contribution >= 0.6 is 0 Å². The molecule has 2 N–H and O–H groups in total. The standard InChI is InChI=1S/C21H22FN5O4/c1-21(2)20-25-16(18(29)24-9-13-3-5-14(22)6-4-13)17(28)19(30)27(20)8-7-26(21)11-15-10-23-12-31-15/h3-6,10,12,28H,7-9,11H2,1-2H3,(H,24,29). The van der Waals surface area contributed by atoms with E-state index < -0.39 is 22.8 Å². The van der Waals surface area contributed by atoms with Crippen molar-refractivity contribution in [2.45, 2.75) is 39.0 Å². The van der Waals surface area contributed by atoms with E-state index in [1.54, 1.807) is 6.20 Å². The normalized spacial score (nSPS) is 15.5. The highest BCUT2D eigenvalue weighted by Crippen LogP contribution is 2.31. The van der Waals surface area contributed by atoms with Crippen LogP contribution in [0.25, 0.3) is 0 Å². The summed E-state index contributed by atoms with van der Waals surface area (Å²) in [4.78, 5) is 35.8. The number of nitrogens with zero attached hydrogens (tertiary/aromatic N) is 4. The molecule has 162 valence electrons. The predicted molar refractivity (Wildman–Crippen MR) is 108 cm³/mol. The molecule has 31 heavy (non-hydrogen) atoms. The average Bonchev–Trinajstić information content (AvgIpc) is 3.25. The molecular formula is C21H22FN5O4. The topological polar surface area (TPSA) is 113 Å². The molecule has 0 saturated heterocycles. The SMILES string of the molecule is CC1(C)c2nc(C(=O)NCc3ccc(F)cc3)c(O)c(=O)n2CCN1Cc1cnco1. The van der Waals surface area contributed by atoms with Crippen LogP contribution in [0, 0.1) is 5.82 Å². The number of halogens is 1. The lowest BCUT2D eigenvalue weighted by molar-refractivity contribution is 0.0583. The molecule has 9 nitrogen and oxygen atoms in total. The zero-order chi connectivity index (χ0) is 22.2. The number of carbonyl (C=O) groups excluding carboxylic acids is 1. The molecule has 0 bridgehead atoms. The van der Waals surface area contributed by atoms with E-state index in [1.807, 2.05) is 13.8 Å². The van der Waals surface area contributed by atoms with Gasteiger partial charge in [0, 0.05) is 19.6 Å². The Morgan fingerprint density at radius 1 is 1.29 bits per heavy atom. The maximum atomic E-state index is 13.1. The van der Waals surface area contributed by atoms with Gasteiger partial charge in [0.2, 0.25) is 5.75 Å². The van der Waals surface area contributed by atoms with Crippen LogP contribution in [0.5, 0.6) is 5.75 Å². The number of aromatic hydroxyl groups is 1. The van der Waals surface area contributed by atoms with Gasteiger partial charge in [0.05, 0.1) is 18.3 Å². The number of amides is 1. The van der Waals surface area contributed by atoms with Crippen LogP contribution in [-0.4, -0.2) is 37.0 Å². The number of carbonyl (C=O) groups is 1. The monoisotopic (exact) mass is 427 g/mol. The maximum absolute atomic E-state index is 13.1. The number of rotatable bonds is 5. The van der Waals surface area contributed by atoms with Crippen molar-refractivity contribution >= 4 is 5.91 Å². The quantitative estimate of drug-likeness (QED) is 0.638. The number of oxazole rings is 1. The van der Waals surface area contributed by atoms with Crippen LogP contribution in [0.1, 0.15) is 41.5 Å². The summed E-state index contributed by atoms with van der Waals surface area (Å²) >= 11 is 0. The molecule has 0 saturated carbocycles. The van der Waals surface area contributed by atoms with E-state index >= 15 is 0 Å². The Bertz CT molecular complexity index is 1160. The highest BCUT2D eigenvalue weighted by Gasteiger charge is 2.39. The van der Waals surface area contributed by atoms with Gasteiger partial charge >= 0.3 is 0 Å². The third-order valence-electron chi connectivity index (χ3n) is 5.49. The summed E-state index contributed by atoms with van der Waals surface area (Å²) in [6, 6.07) is 5.65. The zero-order valence-corrected chi connectivity index (χ0v) is 17.1. The van der Waals surface area contributed by atoms with Gasteiger partial charge in [-0.05, 0) is 31.5 Å². The minimum Gasteiger partial charge on any atom is -0.501 e. The molecule has 3 heterocycles. The summed E-state index contributed by atoms with van der Waals surface area (Å²) < 4.78 is 19.8. The minimum absolute atomic E-state index is 0.0969. The number of hydrogen-bond acceptors (Lipinski definition) is 7. The van der Waals surface area contributed by atoms with Crippen molar-refractivity contribution < 1.29 is 18.7 Å². The van der Waals surface area contributed by atoms with Gasteiger partial charge in [0.1, 0.15) is 17.4 Å². The second kappa shape index (κ2) is 7.95. The third-order valence-corrected chi connectivity index (χ3v) is 5.49. The second-order valence-corrected chi connectivity index (χ2v) is 7.85. The van der Waals surface area contributed by atoms with Crippen LogP contribution in [0.4, 0.5) is 4.39 Å². The van der Waals surface area contributed by atoms with E-state index in [4.69, 9.17) is 4.42 Å². The number of nitrogens with one attached hydrogen (secondary N) is 1. The molecule has 0 spiro atoms. The lowest BCUT2D eigenvalue weighted by Gasteiger charge is -2.42. The first-order valence-corrected chi connectivity index (χ1v) is 9.76. The molecule has 0 fully saturated rings. The van der Waals surface area contributed by atoms with Crippen molar-refractivity contribution in [1.82, 2.24) is 24.8 Å². The Labute approximate surface area is 177 Å². The smallest absolute Gasteiger partial charge is 0.296 e. The zero-order valence-electron chi connectivity index (χ0n) is 17.1. The molecular weight excluding hydrogens is 405 g/mol. The molecule has 0 atom stereocenters. The fraction of sp³-hybridized carbons (Fsp3) is 0.333. The van der Waals surface area contributed by atoms with Gasteiger partial charge in [-0.3, -0.25) is 19.1 Å². The molecule has 0 radical (unpaired) electrons. The van der Waals surface area contributed by atoms with E-state index in [-0.39, 0.29) is 18.1 Å². The van der Waals surface area contributed by atoms with E-state index in [0.29, 0.717) is 36.8 Å². The Morgan fingerprint density at radius 2 is 2.03 bits per heavy atom.